The summed E-state index contributed by atoms with van der Waals surface area (Å²) < 4.78 is 0. The first kappa shape index (κ1) is 14.4. The monoisotopic (exact) mass is 252 g/mol. The summed E-state index contributed by atoms with van der Waals surface area (Å²) >= 11 is 0. The van der Waals surface area contributed by atoms with E-state index in [2.05, 4.69) is 25.7 Å². The van der Waals surface area contributed by atoms with Gasteiger partial charge in [-0.1, -0.05) is 6.92 Å². The van der Waals surface area contributed by atoms with Gasteiger partial charge in [-0.05, 0) is 33.4 Å². The highest BCUT2D eigenvalue weighted by atomic mass is 16.6. The molecule has 100 valence electrons. The molecule has 0 saturated heterocycles. The van der Waals surface area contributed by atoms with Crippen LogP contribution < -0.4 is 0 Å². The highest BCUT2D eigenvalue weighted by Crippen LogP contribution is 2.26. The van der Waals surface area contributed by atoms with Crippen molar-refractivity contribution in [3.05, 3.63) is 33.9 Å². The smallest absolute Gasteiger partial charge is 0.270 e. The number of benzene rings is 1. The summed E-state index contributed by atoms with van der Waals surface area (Å²) in [6.45, 7) is 9.56. The van der Waals surface area contributed by atoms with Gasteiger partial charge in [0, 0.05) is 29.8 Å². The van der Waals surface area contributed by atoms with Gasteiger partial charge in [0.05, 0.1) is 4.92 Å². The molecule has 0 radical (unpaired) electrons. The number of nitro benzene ring substituents is 1. The van der Waals surface area contributed by atoms with E-state index in [1.807, 2.05) is 6.92 Å². The molecular formula is C13H20N2O3. The number of phenolic OH excluding ortho intramolecular Hbond substituents is 1. The number of hydrogen-bond donors (Lipinski definition) is 1. The van der Waals surface area contributed by atoms with Crippen LogP contribution >= 0.6 is 0 Å². The van der Waals surface area contributed by atoms with Crippen molar-refractivity contribution in [1.29, 1.82) is 0 Å². The first-order valence-electron chi connectivity index (χ1n) is 5.97. The second kappa shape index (κ2) is 5.35. The van der Waals surface area contributed by atoms with Crippen molar-refractivity contribution >= 4 is 5.69 Å². The topological polar surface area (TPSA) is 66.6 Å². The lowest BCUT2D eigenvalue weighted by atomic mass is 10.0. The maximum absolute atomic E-state index is 10.7. The summed E-state index contributed by atoms with van der Waals surface area (Å²) in [5.41, 5.74) is 0.542. The predicted molar refractivity (Wildman–Crippen MR) is 70.6 cm³/mol. The van der Waals surface area contributed by atoms with Crippen LogP contribution in [0.25, 0.3) is 0 Å². The van der Waals surface area contributed by atoms with E-state index in [1.165, 1.54) is 18.2 Å². The molecule has 1 aromatic carbocycles. The lowest BCUT2D eigenvalue weighted by Gasteiger charge is -2.34. The average Bonchev–Trinajstić information content (AvgIpc) is 2.25. The number of non-ortho nitro benzene ring substituents is 1. The average molecular weight is 252 g/mol. The molecule has 0 spiro atoms. The molecule has 0 bridgehead atoms. The summed E-state index contributed by atoms with van der Waals surface area (Å²) in [5.74, 6) is 0.100. The highest BCUT2D eigenvalue weighted by molar-refractivity contribution is 5.43. The summed E-state index contributed by atoms with van der Waals surface area (Å²) in [4.78, 5) is 12.4. The zero-order valence-electron chi connectivity index (χ0n) is 11.3. The van der Waals surface area contributed by atoms with Gasteiger partial charge >= 0.3 is 0 Å². The Morgan fingerprint density at radius 1 is 1.39 bits per heavy atom. The Hall–Kier alpha value is -1.62. The molecule has 0 aliphatic rings. The normalized spacial score (nSPS) is 11.8. The zero-order valence-corrected chi connectivity index (χ0v) is 11.3. The van der Waals surface area contributed by atoms with E-state index in [0.717, 1.165) is 6.54 Å². The van der Waals surface area contributed by atoms with Crippen LogP contribution in [0, 0.1) is 10.1 Å². The van der Waals surface area contributed by atoms with Crippen molar-refractivity contribution in [2.24, 2.45) is 0 Å². The third kappa shape index (κ3) is 3.43. The minimum absolute atomic E-state index is 0.00719. The molecule has 0 saturated carbocycles. The van der Waals surface area contributed by atoms with Crippen LogP contribution in [0.3, 0.4) is 0 Å². The van der Waals surface area contributed by atoms with E-state index >= 15 is 0 Å². The quantitative estimate of drug-likeness (QED) is 0.661. The van der Waals surface area contributed by atoms with Crippen LogP contribution in [-0.4, -0.2) is 27.0 Å². The Morgan fingerprint density at radius 2 is 2.00 bits per heavy atom. The second-order valence-electron chi connectivity index (χ2n) is 5.26. The van der Waals surface area contributed by atoms with Gasteiger partial charge in [-0.15, -0.1) is 0 Å². The van der Waals surface area contributed by atoms with E-state index in [9.17, 15) is 15.2 Å². The van der Waals surface area contributed by atoms with Gasteiger partial charge in [0.25, 0.3) is 5.69 Å². The first-order chi connectivity index (χ1) is 8.25. The molecule has 0 aromatic heterocycles. The summed E-state index contributed by atoms with van der Waals surface area (Å²) in [5, 5.41) is 20.5. The van der Waals surface area contributed by atoms with Gasteiger partial charge in [-0.25, -0.2) is 0 Å². The molecule has 1 N–H and O–H groups in total. The lowest BCUT2D eigenvalue weighted by Crippen LogP contribution is -2.40. The molecule has 18 heavy (non-hydrogen) atoms. The predicted octanol–water partition coefficient (Wildman–Crippen LogP) is 2.92. The highest BCUT2D eigenvalue weighted by Gasteiger charge is 2.21. The van der Waals surface area contributed by atoms with Gasteiger partial charge in [-0.2, -0.15) is 0 Å². The molecule has 0 amide bonds. The SMILES string of the molecule is CCN(Cc1cc([N+](=O)[O-])ccc1O)C(C)(C)C. The molecule has 1 aromatic rings. The van der Waals surface area contributed by atoms with Crippen molar-refractivity contribution < 1.29 is 10.0 Å². The van der Waals surface area contributed by atoms with Gasteiger partial charge in [-0.3, -0.25) is 15.0 Å². The molecule has 5 nitrogen and oxygen atoms in total. The van der Waals surface area contributed by atoms with Gasteiger partial charge in [0.1, 0.15) is 5.75 Å². The fraction of sp³-hybridized carbons (Fsp3) is 0.538. The maximum Gasteiger partial charge on any atom is 0.270 e. The van der Waals surface area contributed by atoms with Gasteiger partial charge in [0.15, 0.2) is 0 Å². The fourth-order valence-electron chi connectivity index (χ4n) is 1.84. The molecule has 0 aliphatic carbocycles. The van der Waals surface area contributed by atoms with Crippen LogP contribution in [0.15, 0.2) is 18.2 Å². The Morgan fingerprint density at radius 3 is 2.44 bits per heavy atom. The molecular weight excluding hydrogens is 232 g/mol. The Kier molecular flexibility index (Phi) is 4.29. The van der Waals surface area contributed by atoms with E-state index in [4.69, 9.17) is 0 Å². The molecule has 5 heteroatoms. The van der Waals surface area contributed by atoms with Crippen molar-refractivity contribution in [2.75, 3.05) is 6.54 Å². The zero-order chi connectivity index (χ0) is 13.9. The minimum Gasteiger partial charge on any atom is -0.508 e. The summed E-state index contributed by atoms with van der Waals surface area (Å²) in [7, 11) is 0. The van der Waals surface area contributed by atoms with Crippen LogP contribution in [-0.2, 0) is 6.54 Å². The van der Waals surface area contributed by atoms with Crippen molar-refractivity contribution in [1.82, 2.24) is 4.90 Å². The number of nitro groups is 1. The molecule has 0 atom stereocenters. The number of rotatable bonds is 4. The van der Waals surface area contributed by atoms with Crippen molar-refractivity contribution in [3.8, 4) is 5.75 Å². The maximum atomic E-state index is 10.7. The minimum atomic E-state index is -0.448. The van der Waals surface area contributed by atoms with E-state index in [-0.39, 0.29) is 17.0 Å². The standard InChI is InChI=1S/C13H20N2O3/c1-5-14(13(2,3)4)9-10-8-11(15(17)18)6-7-12(10)16/h6-8,16H,5,9H2,1-4H3. The third-order valence-electron chi connectivity index (χ3n) is 2.97. The van der Waals surface area contributed by atoms with Crippen LogP contribution in [0.4, 0.5) is 5.69 Å². The number of hydrogen-bond acceptors (Lipinski definition) is 4. The third-order valence-corrected chi connectivity index (χ3v) is 2.97. The first-order valence-corrected chi connectivity index (χ1v) is 5.97. The van der Waals surface area contributed by atoms with Gasteiger partial charge < -0.3 is 5.11 Å². The molecule has 0 unspecified atom stereocenters. The number of nitrogens with zero attached hydrogens (tertiary/aromatic N) is 2. The second-order valence-corrected chi connectivity index (χ2v) is 5.26. The molecule has 0 heterocycles. The van der Waals surface area contributed by atoms with E-state index in [1.54, 1.807) is 0 Å². The van der Waals surface area contributed by atoms with Crippen LogP contribution in [0.5, 0.6) is 5.75 Å². The van der Waals surface area contributed by atoms with E-state index < -0.39 is 4.92 Å². The Bertz CT molecular complexity index is 438. The van der Waals surface area contributed by atoms with Crippen molar-refractivity contribution in [2.45, 2.75) is 39.8 Å². The van der Waals surface area contributed by atoms with Crippen LogP contribution in [0.1, 0.15) is 33.3 Å². The molecule has 0 fully saturated rings. The Balaban J connectivity index is 3.02. The van der Waals surface area contributed by atoms with E-state index in [0.29, 0.717) is 12.1 Å². The van der Waals surface area contributed by atoms with Crippen molar-refractivity contribution in [3.63, 3.8) is 0 Å². The summed E-state index contributed by atoms with van der Waals surface area (Å²) in [6.07, 6.45) is 0. The number of aromatic hydroxyl groups is 1. The lowest BCUT2D eigenvalue weighted by molar-refractivity contribution is -0.385. The number of phenols is 1. The van der Waals surface area contributed by atoms with Crippen LogP contribution in [0.2, 0.25) is 0 Å². The fourth-order valence-corrected chi connectivity index (χ4v) is 1.84. The van der Waals surface area contributed by atoms with Gasteiger partial charge in [0.2, 0.25) is 0 Å². The molecule has 0 aliphatic heterocycles. The Labute approximate surface area is 107 Å². The molecule has 1 rings (SSSR count). The largest absolute Gasteiger partial charge is 0.508 e. The summed E-state index contributed by atoms with van der Waals surface area (Å²) in [6, 6.07) is 4.12.